The number of hydrogen-bond donors (Lipinski definition) is 2. The molecule has 0 aromatic heterocycles. The lowest BCUT2D eigenvalue weighted by Gasteiger charge is -2.50. The fraction of sp³-hybridized carbons (Fsp3) is 1.00. The Labute approximate surface area is 97.3 Å². The van der Waals surface area contributed by atoms with Crippen LogP contribution in [-0.2, 0) is 9.47 Å². The van der Waals surface area contributed by atoms with Gasteiger partial charge in [-0.15, -0.1) is 0 Å². The third kappa shape index (κ3) is 2.40. The van der Waals surface area contributed by atoms with Gasteiger partial charge in [0, 0.05) is 23.9 Å². The summed E-state index contributed by atoms with van der Waals surface area (Å²) < 4.78 is 11.7. The van der Waals surface area contributed by atoms with Crippen molar-refractivity contribution in [3.05, 3.63) is 0 Å². The third-order valence-corrected chi connectivity index (χ3v) is 3.22. The molecule has 2 fully saturated rings. The van der Waals surface area contributed by atoms with E-state index in [9.17, 15) is 0 Å². The predicted octanol–water partition coefficient (Wildman–Crippen LogP) is 1.03. The molecule has 0 saturated carbocycles. The van der Waals surface area contributed by atoms with Crippen LogP contribution < -0.4 is 5.32 Å². The van der Waals surface area contributed by atoms with Crippen molar-refractivity contribution < 1.29 is 14.6 Å². The van der Waals surface area contributed by atoms with Gasteiger partial charge < -0.3 is 19.9 Å². The molecule has 2 saturated heterocycles. The molecular weight excluding hydrogens is 206 g/mol. The van der Waals surface area contributed by atoms with Gasteiger partial charge in [-0.05, 0) is 27.7 Å². The Bertz CT molecular complexity index is 259. The molecule has 4 heteroatoms. The number of aliphatic hydroxyl groups is 1. The van der Waals surface area contributed by atoms with Gasteiger partial charge >= 0.3 is 0 Å². The van der Waals surface area contributed by atoms with E-state index in [0.717, 1.165) is 12.8 Å². The number of rotatable bonds is 1. The van der Waals surface area contributed by atoms with E-state index in [0.29, 0.717) is 6.61 Å². The molecule has 2 aliphatic rings. The zero-order valence-corrected chi connectivity index (χ0v) is 10.7. The summed E-state index contributed by atoms with van der Waals surface area (Å²) in [6.45, 7) is 9.19. The lowest BCUT2D eigenvalue weighted by Crippen LogP contribution is -2.63. The van der Waals surface area contributed by atoms with Crippen molar-refractivity contribution in [2.45, 2.75) is 63.5 Å². The summed E-state index contributed by atoms with van der Waals surface area (Å²) in [4.78, 5) is 0. The van der Waals surface area contributed by atoms with E-state index in [-0.39, 0.29) is 23.8 Å². The first kappa shape index (κ1) is 12.3. The van der Waals surface area contributed by atoms with E-state index < -0.39 is 5.79 Å². The standard InChI is InChI=1S/C12H23NO3/c1-10(2)7-12(8-11(3,4)13-10)15-6-9(5-14)16-12/h9,13-14H,5-8H2,1-4H3/t9-/m1/s1. The molecule has 2 rings (SSSR count). The Hall–Kier alpha value is -0.160. The van der Waals surface area contributed by atoms with Gasteiger partial charge in [-0.1, -0.05) is 0 Å². The lowest BCUT2D eigenvalue weighted by molar-refractivity contribution is -0.216. The highest BCUT2D eigenvalue weighted by Gasteiger charge is 2.52. The molecule has 0 aromatic rings. The van der Waals surface area contributed by atoms with Gasteiger partial charge in [0.1, 0.15) is 6.10 Å². The highest BCUT2D eigenvalue weighted by Crippen LogP contribution is 2.42. The molecule has 0 unspecified atom stereocenters. The summed E-state index contributed by atoms with van der Waals surface area (Å²) in [7, 11) is 0. The van der Waals surface area contributed by atoms with Gasteiger partial charge in [0.2, 0.25) is 0 Å². The number of nitrogens with one attached hydrogen (secondary N) is 1. The van der Waals surface area contributed by atoms with Crippen molar-refractivity contribution in [3.8, 4) is 0 Å². The molecule has 0 radical (unpaired) electrons. The average molecular weight is 229 g/mol. The number of ether oxygens (including phenoxy) is 2. The highest BCUT2D eigenvalue weighted by atomic mass is 16.7. The summed E-state index contributed by atoms with van der Waals surface area (Å²) in [5.41, 5.74) is -0.0157. The van der Waals surface area contributed by atoms with E-state index in [1.54, 1.807) is 0 Å². The van der Waals surface area contributed by atoms with Crippen LogP contribution in [0.2, 0.25) is 0 Å². The second-order valence-corrected chi connectivity index (χ2v) is 6.39. The van der Waals surface area contributed by atoms with Gasteiger partial charge in [0.05, 0.1) is 13.2 Å². The van der Waals surface area contributed by atoms with Crippen LogP contribution in [0.1, 0.15) is 40.5 Å². The van der Waals surface area contributed by atoms with Gasteiger partial charge in [-0.2, -0.15) is 0 Å². The summed E-state index contributed by atoms with van der Waals surface area (Å²) in [6, 6.07) is 0. The largest absolute Gasteiger partial charge is 0.394 e. The minimum atomic E-state index is -0.508. The van der Waals surface area contributed by atoms with Crippen molar-refractivity contribution in [1.29, 1.82) is 0 Å². The lowest BCUT2D eigenvalue weighted by atomic mass is 9.79. The van der Waals surface area contributed by atoms with Gasteiger partial charge in [0.25, 0.3) is 0 Å². The Morgan fingerprint density at radius 3 is 2.19 bits per heavy atom. The summed E-state index contributed by atoms with van der Waals surface area (Å²) in [6.07, 6.45) is 1.48. The van der Waals surface area contributed by atoms with Crippen molar-refractivity contribution >= 4 is 0 Å². The van der Waals surface area contributed by atoms with Crippen LogP contribution in [0.15, 0.2) is 0 Å². The molecule has 0 aliphatic carbocycles. The molecule has 2 N–H and O–H groups in total. The van der Waals surface area contributed by atoms with Crippen molar-refractivity contribution in [2.75, 3.05) is 13.2 Å². The Kier molecular flexibility index (Phi) is 2.82. The number of piperidine rings is 1. The Morgan fingerprint density at radius 1 is 1.19 bits per heavy atom. The SMILES string of the molecule is CC1(C)CC2(CC(C)(C)N1)OC[C@@H](CO)O2. The first-order chi connectivity index (χ1) is 7.26. The predicted molar refractivity (Wildman–Crippen MR) is 61.2 cm³/mol. The minimum Gasteiger partial charge on any atom is -0.394 e. The van der Waals surface area contributed by atoms with E-state index >= 15 is 0 Å². The number of hydrogen-bond acceptors (Lipinski definition) is 4. The first-order valence-electron chi connectivity index (χ1n) is 5.98. The summed E-state index contributed by atoms with van der Waals surface area (Å²) in [5, 5.41) is 12.7. The molecule has 94 valence electrons. The van der Waals surface area contributed by atoms with Crippen LogP contribution in [0.4, 0.5) is 0 Å². The quantitative estimate of drug-likeness (QED) is 0.705. The van der Waals surface area contributed by atoms with Crippen LogP contribution in [0.25, 0.3) is 0 Å². The first-order valence-corrected chi connectivity index (χ1v) is 5.98. The number of aliphatic hydroxyl groups excluding tert-OH is 1. The zero-order chi connectivity index (χ0) is 12.0. The van der Waals surface area contributed by atoms with E-state index in [2.05, 4.69) is 33.0 Å². The zero-order valence-electron chi connectivity index (χ0n) is 10.7. The molecule has 0 aromatic carbocycles. The maximum Gasteiger partial charge on any atom is 0.172 e. The Balaban J connectivity index is 2.16. The molecule has 1 spiro atoms. The monoisotopic (exact) mass is 229 g/mol. The summed E-state index contributed by atoms with van der Waals surface area (Å²) >= 11 is 0. The van der Waals surface area contributed by atoms with Gasteiger partial charge in [-0.25, -0.2) is 0 Å². The molecule has 2 aliphatic heterocycles. The molecular formula is C12H23NO3. The molecule has 4 nitrogen and oxygen atoms in total. The summed E-state index contributed by atoms with van der Waals surface area (Å²) in [5.74, 6) is -0.508. The van der Waals surface area contributed by atoms with E-state index in [1.165, 1.54) is 0 Å². The fourth-order valence-corrected chi connectivity index (χ4v) is 3.31. The third-order valence-electron chi connectivity index (χ3n) is 3.22. The van der Waals surface area contributed by atoms with Gasteiger partial charge in [0.15, 0.2) is 5.79 Å². The molecule has 0 bridgehead atoms. The topological polar surface area (TPSA) is 50.7 Å². The van der Waals surface area contributed by atoms with Crippen molar-refractivity contribution in [1.82, 2.24) is 5.32 Å². The van der Waals surface area contributed by atoms with Crippen LogP contribution in [-0.4, -0.2) is 41.3 Å². The van der Waals surface area contributed by atoms with Crippen molar-refractivity contribution in [3.63, 3.8) is 0 Å². The van der Waals surface area contributed by atoms with E-state index in [1.807, 2.05) is 0 Å². The van der Waals surface area contributed by atoms with Crippen LogP contribution in [0, 0.1) is 0 Å². The van der Waals surface area contributed by atoms with E-state index in [4.69, 9.17) is 14.6 Å². The average Bonchev–Trinajstić information content (AvgIpc) is 2.41. The van der Waals surface area contributed by atoms with Crippen LogP contribution in [0.3, 0.4) is 0 Å². The maximum absolute atomic E-state index is 9.12. The molecule has 2 heterocycles. The van der Waals surface area contributed by atoms with Crippen LogP contribution >= 0.6 is 0 Å². The second-order valence-electron chi connectivity index (χ2n) is 6.39. The second kappa shape index (κ2) is 3.67. The van der Waals surface area contributed by atoms with Gasteiger partial charge in [-0.3, -0.25) is 0 Å². The van der Waals surface area contributed by atoms with Crippen LogP contribution in [0.5, 0.6) is 0 Å². The highest BCUT2D eigenvalue weighted by molar-refractivity contribution is 5.03. The molecule has 16 heavy (non-hydrogen) atoms. The smallest absolute Gasteiger partial charge is 0.172 e. The minimum absolute atomic E-state index is 0.00784. The maximum atomic E-state index is 9.12. The molecule has 1 atom stereocenters. The normalized spacial score (nSPS) is 35.4. The molecule has 0 amide bonds. The Morgan fingerprint density at radius 2 is 1.75 bits per heavy atom. The fourth-order valence-electron chi connectivity index (χ4n) is 3.31. The van der Waals surface area contributed by atoms with Crippen molar-refractivity contribution in [2.24, 2.45) is 0 Å².